The van der Waals surface area contributed by atoms with E-state index in [1.165, 1.54) is 16.0 Å². The predicted molar refractivity (Wildman–Crippen MR) is 163 cm³/mol. The molecule has 0 aliphatic heterocycles. The van der Waals surface area contributed by atoms with Gasteiger partial charge in [-0.25, -0.2) is 4.79 Å². The van der Waals surface area contributed by atoms with Crippen molar-refractivity contribution >= 4 is 17.2 Å². The second kappa shape index (κ2) is 15.8. The number of allylic oxidation sites excluding steroid dienone is 1. The van der Waals surface area contributed by atoms with Crippen LogP contribution < -0.4 is 4.74 Å². The van der Waals surface area contributed by atoms with Crippen LogP contribution in [0.4, 0.5) is 4.79 Å². The molecule has 1 amide bonds. The van der Waals surface area contributed by atoms with Crippen LogP contribution >= 0.6 is 0 Å². The van der Waals surface area contributed by atoms with Crippen molar-refractivity contribution < 1.29 is 19.4 Å². The van der Waals surface area contributed by atoms with Crippen molar-refractivity contribution in [1.82, 2.24) is 4.90 Å². The third-order valence-electron chi connectivity index (χ3n) is 6.29. The molecule has 1 N–H and O–H groups in total. The van der Waals surface area contributed by atoms with Crippen molar-refractivity contribution in [2.24, 2.45) is 0 Å². The highest BCUT2D eigenvalue weighted by atomic mass is 16.6. The molecule has 4 rings (SSSR count). The molecule has 4 aromatic carbocycles. The summed E-state index contributed by atoms with van der Waals surface area (Å²) in [4.78, 5) is 13.8. The van der Waals surface area contributed by atoms with Crippen LogP contribution in [-0.2, 0) is 11.3 Å². The highest BCUT2D eigenvalue weighted by Gasteiger charge is 2.14. The van der Waals surface area contributed by atoms with E-state index in [4.69, 9.17) is 9.47 Å². The Morgan fingerprint density at radius 3 is 1.88 bits per heavy atom. The quantitative estimate of drug-likeness (QED) is 0.206. The van der Waals surface area contributed by atoms with E-state index in [1.807, 2.05) is 98.8 Å². The number of rotatable bonds is 10. The summed E-state index contributed by atoms with van der Waals surface area (Å²) in [5.41, 5.74) is 6.55. The lowest BCUT2D eigenvalue weighted by Gasteiger charge is -2.18. The fourth-order valence-electron chi connectivity index (χ4n) is 4.25. The standard InChI is InChI=1S/C33H33NO4.C2H6/c1-3-31(26-12-8-5-9-13-26)32(27-14-18-29(35)19-15-27)28-16-20-30(21-17-28)37-23-22-34(2)33(36)38-24-25-10-6-4-7-11-25;1-2/h4-21,35H,3,22-24H2,1-2H3;1-2H3/b32-31-;. The zero-order chi connectivity index (χ0) is 28.7. The third kappa shape index (κ3) is 8.50. The molecule has 0 atom stereocenters. The highest BCUT2D eigenvalue weighted by molar-refractivity contribution is 5.98. The van der Waals surface area contributed by atoms with Crippen LogP contribution in [0.5, 0.6) is 11.5 Å². The summed E-state index contributed by atoms with van der Waals surface area (Å²) >= 11 is 0. The minimum atomic E-state index is -0.385. The number of carbonyl (C=O) groups is 1. The Kier molecular flexibility index (Phi) is 11.9. The Balaban J connectivity index is 0.00000216. The number of amides is 1. The van der Waals surface area contributed by atoms with Gasteiger partial charge in [0.15, 0.2) is 0 Å². The van der Waals surface area contributed by atoms with E-state index in [0.29, 0.717) is 13.2 Å². The van der Waals surface area contributed by atoms with Crippen LogP contribution in [0, 0.1) is 0 Å². The molecular formula is C35H39NO4. The van der Waals surface area contributed by atoms with Gasteiger partial charge in [0, 0.05) is 7.05 Å². The first kappa shape index (κ1) is 30.0. The topological polar surface area (TPSA) is 59.0 Å². The summed E-state index contributed by atoms with van der Waals surface area (Å²) in [7, 11) is 1.70. The number of hydrogen-bond acceptors (Lipinski definition) is 4. The summed E-state index contributed by atoms with van der Waals surface area (Å²) in [6.07, 6.45) is 0.468. The lowest BCUT2D eigenvalue weighted by atomic mass is 9.88. The van der Waals surface area contributed by atoms with Crippen LogP contribution in [0.1, 0.15) is 49.4 Å². The first-order chi connectivity index (χ1) is 19.5. The number of likely N-dealkylation sites (N-methyl/N-ethyl adjacent to an activating group) is 1. The van der Waals surface area contributed by atoms with E-state index in [9.17, 15) is 9.90 Å². The molecular weight excluding hydrogens is 498 g/mol. The zero-order valence-corrected chi connectivity index (χ0v) is 23.8. The molecule has 0 bridgehead atoms. The molecule has 208 valence electrons. The van der Waals surface area contributed by atoms with E-state index in [-0.39, 0.29) is 18.4 Å². The van der Waals surface area contributed by atoms with Crippen LogP contribution in [0.2, 0.25) is 0 Å². The maximum Gasteiger partial charge on any atom is 0.409 e. The third-order valence-corrected chi connectivity index (χ3v) is 6.29. The SMILES string of the molecule is CC.CC/C(=C(\c1ccc(O)cc1)c1ccc(OCCN(C)C(=O)OCc2ccccc2)cc1)c1ccccc1. The average Bonchev–Trinajstić information content (AvgIpc) is 3.01. The van der Waals surface area contributed by atoms with Crippen molar-refractivity contribution in [3.63, 3.8) is 0 Å². The summed E-state index contributed by atoms with van der Waals surface area (Å²) < 4.78 is 11.3. The predicted octanol–water partition coefficient (Wildman–Crippen LogP) is 8.43. The Morgan fingerprint density at radius 2 is 1.30 bits per heavy atom. The van der Waals surface area contributed by atoms with Crippen LogP contribution in [0.15, 0.2) is 109 Å². The average molecular weight is 538 g/mol. The molecule has 0 aliphatic carbocycles. The van der Waals surface area contributed by atoms with Crippen LogP contribution in [0.25, 0.3) is 11.1 Å². The largest absolute Gasteiger partial charge is 0.508 e. The maximum absolute atomic E-state index is 12.3. The second-order valence-electron chi connectivity index (χ2n) is 8.95. The van der Waals surface area contributed by atoms with Gasteiger partial charge < -0.3 is 19.5 Å². The monoisotopic (exact) mass is 537 g/mol. The lowest BCUT2D eigenvalue weighted by molar-refractivity contribution is 0.0994. The molecule has 0 radical (unpaired) electrons. The number of hydrogen-bond donors (Lipinski definition) is 1. The molecule has 0 saturated carbocycles. The Labute approximate surface area is 238 Å². The number of phenols is 1. The number of carbonyl (C=O) groups excluding carboxylic acids is 1. The van der Waals surface area contributed by atoms with Crippen molar-refractivity contribution in [2.75, 3.05) is 20.2 Å². The molecule has 0 aliphatic rings. The van der Waals surface area contributed by atoms with Gasteiger partial charge in [0.05, 0.1) is 6.54 Å². The van der Waals surface area contributed by atoms with Gasteiger partial charge in [0.25, 0.3) is 0 Å². The number of aromatic hydroxyl groups is 1. The smallest absolute Gasteiger partial charge is 0.409 e. The van der Waals surface area contributed by atoms with Gasteiger partial charge in [0.2, 0.25) is 0 Å². The number of ether oxygens (including phenoxy) is 2. The van der Waals surface area contributed by atoms with Crippen molar-refractivity contribution in [3.05, 3.63) is 131 Å². The van der Waals surface area contributed by atoms with E-state index < -0.39 is 0 Å². The molecule has 0 heterocycles. The van der Waals surface area contributed by atoms with Gasteiger partial charge in [-0.3, -0.25) is 0 Å². The second-order valence-corrected chi connectivity index (χ2v) is 8.95. The maximum atomic E-state index is 12.3. The van der Waals surface area contributed by atoms with Crippen molar-refractivity contribution in [1.29, 1.82) is 0 Å². The first-order valence-corrected chi connectivity index (χ1v) is 13.8. The zero-order valence-electron chi connectivity index (χ0n) is 23.8. The van der Waals surface area contributed by atoms with E-state index >= 15 is 0 Å². The normalized spacial score (nSPS) is 11.0. The molecule has 0 spiro atoms. The Morgan fingerprint density at radius 1 is 0.750 bits per heavy atom. The number of nitrogens with zero attached hydrogens (tertiary/aromatic N) is 1. The fourth-order valence-corrected chi connectivity index (χ4v) is 4.25. The Hall–Kier alpha value is -4.51. The van der Waals surface area contributed by atoms with Gasteiger partial charge in [-0.05, 0) is 64.1 Å². The summed E-state index contributed by atoms with van der Waals surface area (Å²) in [6.45, 7) is 7.15. The summed E-state index contributed by atoms with van der Waals surface area (Å²) in [5.74, 6) is 0.964. The van der Waals surface area contributed by atoms with Gasteiger partial charge >= 0.3 is 6.09 Å². The molecule has 0 fully saturated rings. The van der Waals surface area contributed by atoms with Crippen molar-refractivity contribution in [3.8, 4) is 11.5 Å². The van der Waals surface area contributed by atoms with Crippen LogP contribution in [-0.4, -0.2) is 36.3 Å². The Bertz CT molecular complexity index is 1330. The molecule has 0 aromatic heterocycles. The fraction of sp³-hybridized carbons (Fsp3) is 0.229. The summed E-state index contributed by atoms with van der Waals surface area (Å²) in [6, 6.07) is 35.3. The van der Waals surface area contributed by atoms with E-state index in [1.54, 1.807) is 19.2 Å². The molecule has 5 nitrogen and oxygen atoms in total. The van der Waals surface area contributed by atoms with Gasteiger partial charge in [-0.2, -0.15) is 0 Å². The van der Waals surface area contributed by atoms with E-state index in [2.05, 4.69) is 19.1 Å². The molecule has 5 heteroatoms. The minimum absolute atomic E-state index is 0.239. The first-order valence-electron chi connectivity index (χ1n) is 13.8. The number of benzene rings is 4. The lowest BCUT2D eigenvalue weighted by Crippen LogP contribution is -2.31. The van der Waals surface area contributed by atoms with Crippen LogP contribution in [0.3, 0.4) is 0 Å². The van der Waals surface area contributed by atoms with Gasteiger partial charge in [-0.1, -0.05) is 106 Å². The molecule has 4 aromatic rings. The highest BCUT2D eigenvalue weighted by Crippen LogP contribution is 2.35. The molecule has 40 heavy (non-hydrogen) atoms. The molecule has 0 saturated heterocycles. The van der Waals surface area contributed by atoms with Gasteiger partial charge in [0.1, 0.15) is 24.7 Å². The minimum Gasteiger partial charge on any atom is -0.508 e. The van der Waals surface area contributed by atoms with Gasteiger partial charge in [-0.15, -0.1) is 0 Å². The van der Waals surface area contributed by atoms with E-state index in [0.717, 1.165) is 34.4 Å². The summed E-state index contributed by atoms with van der Waals surface area (Å²) in [5, 5.41) is 9.83. The van der Waals surface area contributed by atoms with Crippen molar-refractivity contribution in [2.45, 2.75) is 33.8 Å². The molecule has 0 unspecified atom stereocenters. The number of phenolic OH excluding ortho intramolecular Hbond substituents is 1.